The zero-order chi connectivity index (χ0) is 16.3. The van der Waals surface area contributed by atoms with Crippen LogP contribution in [0.5, 0.6) is 0 Å². The third-order valence-corrected chi connectivity index (χ3v) is 6.11. The maximum atomic E-state index is 12.3. The summed E-state index contributed by atoms with van der Waals surface area (Å²) in [4.78, 5) is 25.9. The Hall–Kier alpha value is -1.49. The number of likely N-dealkylation sites (tertiary alicyclic amines) is 1. The number of thioether (sulfide) groups is 1. The SMILES string of the molecule is COC(=O)[C@@H]1CC12CCN(C(=O)CSCc1ccccc1)CC2. The average molecular weight is 333 g/mol. The molecule has 0 aromatic heterocycles. The van der Waals surface area contributed by atoms with Gasteiger partial charge in [-0.25, -0.2) is 0 Å². The third-order valence-electron chi connectivity index (χ3n) is 5.12. The minimum absolute atomic E-state index is 0.0669. The smallest absolute Gasteiger partial charge is 0.309 e. The van der Waals surface area contributed by atoms with E-state index < -0.39 is 0 Å². The first-order valence-electron chi connectivity index (χ1n) is 8.12. The molecule has 0 bridgehead atoms. The van der Waals surface area contributed by atoms with Crippen LogP contribution < -0.4 is 0 Å². The van der Waals surface area contributed by atoms with E-state index in [9.17, 15) is 9.59 Å². The van der Waals surface area contributed by atoms with Crippen molar-refractivity contribution in [3.63, 3.8) is 0 Å². The van der Waals surface area contributed by atoms with E-state index in [1.54, 1.807) is 11.8 Å². The van der Waals surface area contributed by atoms with Gasteiger partial charge in [-0.1, -0.05) is 30.3 Å². The Morgan fingerprint density at radius 1 is 1.26 bits per heavy atom. The van der Waals surface area contributed by atoms with Gasteiger partial charge in [0.25, 0.3) is 0 Å². The van der Waals surface area contributed by atoms with Crippen molar-refractivity contribution >= 4 is 23.6 Å². The molecule has 0 radical (unpaired) electrons. The van der Waals surface area contributed by atoms with Crippen molar-refractivity contribution in [2.24, 2.45) is 11.3 Å². The zero-order valence-corrected chi connectivity index (χ0v) is 14.3. The number of esters is 1. The molecule has 1 saturated carbocycles. The quantitative estimate of drug-likeness (QED) is 0.777. The summed E-state index contributed by atoms with van der Waals surface area (Å²) in [5, 5.41) is 0. The van der Waals surface area contributed by atoms with Crippen LogP contribution in [-0.4, -0.2) is 42.7 Å². The number of methoxy groups -OCH3 is 1. The minimum Gasteiger partial charge on any atom is -0.469 e. The molecule has 0 unspecified atom stereocenters. The molecule has 1 heterocycles. The molecule has 1 saturated heterocycles. The number of carbonyl (C=O) groups excluding carboxylic acids is 2. The first-order valence-corrected chi connectivity index (χ1v) is 9.27. The van der Waals surface area contributed by atoms with Gasteiger partial charge in [-0.05, 0) is 30.2 Å². The molecule has 3 rings (SSSR count). The molecule has 2 fully saturated rings. The molecule has 1 spiro atoms. The van der Waals surface area contributed by atoms with Crippen LogP contribution in [-0.2, 0) is 20.1 Å². The number of rotatable bonds is 5. The normalized spacial score (nSPS) is 22.0. The largest absolute Gasteiger partial charge is 0.469 e. The number of ether oxygens (including phenoxy) is 1. The molecule has 124 valence electrons. The van der Waals surface area contributed by atoms with Crippen LogP contribution in [0.3, 0.4) is 0 Å². The van der Waals surface area contributed by atoms with Crippen molar-refractivity contribution < 1.29 is 14.3 Å². The summed E-state index contributed by atoms with van der Waals surface area (Å²) in [7, 11) is 1.46. The van der Waals surface area contributed by atoms with Crippen LogP contribution in [0.25, 0.3) is 0 Å². The van der Waals surface area contributed by atoms with E-state index in [2.05, 4.69) is 12.1 Å². The van der Waals surface area contributed by atoms with Crippen LogP contribution in [0.1, 0.15) is 24.8 Å². The molecule has 1 aromatic rings. The van der Waals surface area contributed by atoms with Gasteiger partial charge in [-0.2, -0.15) is 0 Å². The monoisotopic (exact) mass is 333 g/mol. The molecule has 1 aliphatic carbocycles. The van der Waals surface area contributed by atoms with E-state index in [0.717, 1.165) is 38.1 Å². The minimum atomic E-state index is -0.0804. The summed E-state index contributed by atoms with van der Waals surface area (Å²) in [5.41, 5.74) is 1.38. The number of piperidine rings is 1. The Labute approximate surface area is 141 Å². The van der Waals surface area contributed by atoms with Gasteiger partial charge in [-0.3, -0.25) is 9.59 Å². The van der Waals surface area contributed by atoms with Gasteiger partial charge in [0.05, 0.1) is 18.8 Å². The highest BCUT2D eigenvalue weighted by atomic mass is 32.2. The van der Waals surface area contributed by atoms with Crippen LogP contribution >= 0.6 is 11.8 Å². The van der Waals surface area contributed by atoms with Crippen molar-refractivity contribution in [1.29, 1.82) is 0 Å². The van der Waals surface area contributed by atoms with E-state index in [0.29, 0.717) is 5.75 Å². The molecule has 1 aliphatic heterocycles. The molecule has 1 aromatic carbocycles. The lowest BCUT2D eigenvalue weighted by molar-refractivity contribution is -0.143. The van der Waals surface area contributed by atoms with E-state index in [4.69, 9.17) is 4.74 Å². The summed E-state index contributed by atoms with van der Waals surface area (Å²) >= 11 is 1.67. The van der Waals surface area contributed by atoms with Crippen molar-refractivity contribution in [3.8, 4) is 0 Å². The lowest BCUT2D eigenvalue weighted by Crippen LogP contribution is -2.40. The van der Waals surface area contributed by atoms with Gasteiger partial charge in [0.15, 0.2) is 0 Å². The summed E-state index contributed by atoms with van der Waals surface area (Å²) in [5.74, 6) is 1.60. The first kappa shape index (κ1) is 16.4. The highest BCUT2D eigenvalue weighted by molar-refractivity contribution is 7.99. The van der Waals surface area contributed by atoms with Gasteiger partial charge in [-0.15, -0.1) is 11.8 Å². The average Bonchev–Trinajstić information content (AvgIpc) is 3.29. The van der Waals surface area contributed by atoms with Crippen molar-refractivity contribution in [2.75, 3.05) is 26.0 Å². The van der Waals surface area contributed by atoms with E-state index >= 15 is 0 Å². The molecule has 5 heteroatoms. The summed E-state index contributed by atoms with van der Waals surface area (Å²) in [6.07, 6.45) is 2.80. The first-order chi connectivity index (χ1) is 11.1. The molecule has 1 amide bonds. The number of nitrogens with zero attached hydrogens (tertiary/aromatic N) is 1. The standard InChI is InChI=1S/C18H23NO3S/c1-22-17(21)15-11-18(15)7-9-19(10-8-18)16(20)13-23-12-14-5-3-2-4-6-14/h2-6,15H,7-13H2,1H3/t15-/m0/s1. The van der Waals surface area contributed by atoms with Gasteiger partial charge < -0.3 is 9.64 Å². The summed E-state index contributed by atoms with van der Waals surface area (Å²) in [6.45, 7) is 1.55. The maximum absolute atomic E-state index is 12.3. The van der Waals surface area contributed by atoms with E-state index in [1.165, 1.54) is 12.7 Å². The summed E-state index contributed by atoms with van der Waals surface area (Å²) in [6, 6.07) is 10.2. The van der Waals surface area contributed by atoms with Crippen molar-refractivity contribution in [2.45, 2.75) is 25.0 Å². The molecular weight excluding hydrogens is 310 g/mol. The Kier molecular flexibility index (Phi) is 4.95. The van der Waals surface area contributed by atoms with Gasteiger partial charge in [0, 0.05) is 18.8 Å². The predicted octanol–water partition coefficient (Wildman–Crippen LogP) is 2.72. The number of benzene rings is 1. The fraction of sp³-hybridized carbons (Fsp3) is 0.556. The fourth-order valence-electron chi connectivity index (χ4n) is 3.50. The molecule has 0 N–H and O–H groups in total. The molecular formula is C18H23NO3S. The molecule has 4 nitrogen and oxygen atoms in total. The molecule has 1 atom stereocenters. The number of carbonyl (C=O) groups is 2. The second-order valence-corrected chi connectivity index (χ2v) is 7.49. The topological polar surface area (TPSA) is 46.6 Å². The highest BCUT2D eigenvalue weighted by Gasteiger charge is 2.59. The van der Waals surface area contributed by atoms with Crippen molar-refractivity contribution in [1.82, 2.24) is 4.90 Å². The zero-order valence-electron chi connectivity index (χ0n) is 13.5. The number of hydrogen-bond acceptors (Lipinski definition) is 4. The Morgan fingerprint density at radius 3 is 2.61 bits per heavy atom. The Morgan fingerprint density at radius 2 is 1.96 bits per heavy atom. The second kappa shape index (κ2) is 6.95. The van der Waals surface area contributed by atoms with Gasteiger partial charge in [0.2, 0.25) is 5.91 Å². The van der Waals surface area contributed by atoms with Crippen LogP contribution in [0.4, 0.5) is 0 Å². The van der Waals surface area contributed by atoms with Gasteiger partial charge in [0.1, 0.15) is 0 Å². The molecule has 23 heavy (non-hydrogen) atoms. The number of hydrogen-bond donors (Lipinski definition) is 0. The van der Waals surface area contributed by atoms with Crippen LogP contribution in [0, 0.1) is 11.3 Å². The second-order valence-electron chi connectivity index (χ2n) is 6.50. The van der Waals surface area contributed by atoms with Gasteiger partial charge >= 0.3 is 5.97 Å². The third kappa shape index (κ3) is 3.71. The fourth-order valence-corrected chi connectivity index (χ4v) is 4.39. The number of amides is 1. The Bertz CT molecular complexity index is 567. The van der Waals surface area contributed by atoms with Crippen LogP contribution in [0.2, 0.25) is 0 Å². The van der Waals surface area contributed by atoms with E-state index in [1.807, 2.05) is 23.1 Å². The van der Waals surface area contributed by atoms with E-state index in [-0.39, 0.29) is 23.2 Å². The predicted molar refractivity (Wildman–Crippen MR) is 91.0 cm³/mol. The van der Waals surface area contributed by atoms with Crippen LogP contribution in [0.15, 0.2) is 30.3 Å². The van der Waals surface area contributed by atoms with Crippen molar-refractivity contribution in [3.05, 3.63) is 35.9 Å². The lowest BCUT2D eigenvalue weighted by Gasteiger charge is -2.32. The maximum Gasteiger partial charge on any atom is 0.309 e. The molecule has 2 aliphatic rings. The summed E-state index contributed by atoms with van der Waals surface area (Å²) < 4.78 is 4.85. The lowest BCUT2D eigenvalue weighted by atomic mass is 9.91. The highest BCUT2D eigenvalue weighted by Crippen LogP contribution is 2.59. The Balaban J connectivity index is 1.40.